The summed E-state index contributed by atoms with van der Waals surface area (Å²) >= 11 is 0. The van der Waals surface area contributed by atoms with Gasteiger partial charge in [-0.05, 0) is 12.1 Å². The van der Waals surface area contributed by atoms with Crippen LogP contribution in [0.5, 0.6) is 0 Å². The lowest BCUT2D eigenvalue weighted by Crippen LogP contribution is -2.23. The van der Waals surface area contributed by atoms with E-state index in [9.17, 15) is 0 Å². The van der Waals surface area contributed by atoms with E-state index < -0.39 is 0 Å². The Bertz CT molecular complexity index is 634. The van der Waals surface area contributed by atoms with Crippen molar-refractivity contribution in [3.05, 3.63) is 30.3 Å². The lowest BCUT2D eigenvalue weighted by molar-refractivity contribution is 0.873. The number of hydrogen-bond donors (Lipinski definition) is 1. The average molecular weight is 283 g/mol. The summed E-state index contributed by atoms with van der Waals surface area (Å²) in [5, 5.41) is 8.84. The third-order valence-corrected chi connectivity index (χ3v) is 2.79. The fourth-order valence-corrected chi connectivity index (χ4v) is 1.80. The third-order valence-electron chi connectivity index (χ3n) is 2.79. The zero-order valence-electron chi connectivity index (χ0n) is 12.1. The van der Waals surface area contributed by atoms with Crippen molar-refractivity contribution >= 4 is 23.5 Å². The number of nitrogens with zero attached hydrogens (tertiary/aromatic N) is 6. The van der Waals surface area contributed by atoms with Gasteiger partial charge in [0.25, 0.3) is 0 Å². The molecule has 7 nitrogen and oxygen atoms in total. The van der Waals surface area contributed by atoms with E-state index >= 15 is 0 Å². The van der Waals surface area contributed by atoms with Crippen molar-refractivity contribution in [1.29, 1.82) is 5.26 Å². The van der Waals surface area contributed by atoms with E-state index in [0.29, 0.717) is 24.9 Å². The van der Waals surface area contributed by atoms with Gasteiger partial charge in [0, 0.05) is 26.3 Å². The zero-order chi connectivity index (χ0) is 15.2. The van der Waals surface area contributed by atoms with Crippen LogP contribution in [-0.4, -0.2) is 35.6 Å². The van der Waals surface area contributed by atoms with E-state index in [1.165, 1.54) is 0 Å². The van der Waals surface area contributed by atoms with Crippen LogP contribution in [-0.2, 0) is 0 Å². The van der Waals surface area contributed by atoms with Crippen LogP contribution >= 0.6 is 0 Å². The summed E-state index contributed by atoms with van der Waals surface area (Å²) < 4.78 is 0. The monoisotopic (exact) mass is 283 g/mol. The van der Waals surface area contributed by atoms with Gasteiger partial charge in [-0.3, -0.25) is 0 Å². The molecular formula is C14H17N7. The lowest BCUT2D eigenvalue weighted by Gasteiger charge is -2.22. The first-order valence-electron chi connectivity index (χ1n) is 6.50. The molecule has 1 aromatic carbocycles. The molecule has 21 heavy (non-hydrogen) atoms. The number of benzene rings is 1. The summed E-state index contributed by atoms with van der Waals surface area (Å²) in [6.45, 7) is 0.483. The van der Waals surface area contributed by atoms with Crippen molar-refractivity contribution in [2.24, 2.45) is 0 Å². The van der Waals surface area contributed by atoms with Crippen molar-refractivity contribution in [2.75, 3.05) is 36.2 Å². The highest BCUT2D eigenvalue weighted by molar-refractivity contribution is 5.58. The molecule has 0 atom stereocenters. The van der Waals surface area contributed by atoms with Crippen LogP contribution in [0.4, 0.5) is 23.5 Å². The van der Waals surface area contributed by atoms with Crippen LogP contribution in [0.1, 0.15) is 6.42 Å². The van der Waals surface area contributed by atoms with Gasteiger partial charge >= 0.3 is 0 Å². The van der Waals surface area contributed by atoms with Gasteiger partial charge in [0.15, 0.2) is 0 Å². The Kier molecular flexibility index (Phi) is 4.51. The van der Waals surface area contributed by atoms with Gasteiger partial charge in [-0.25, -0.2) is 0 Å². The molecule has 0 aliphatic rings. The van der Waals surface area contributed by atoms with Crippen LogP contribution in [0.3, 0.4) is 0 Å². The quantitative estimate of drug-likeness (QED) is 0.889. The molecule has 0 bridgehead atoms. The minimum atomic E-state index is 0.154. The minimum Gasteiger partial charge on any atom is -0.368 e. The van der Waals surface area contributed by atoms with Gasteiger partial charge in [-0.15, -0.1) is 0 Å². The van der Waals surface area contributed by atoms with Crippen molar-refractivity contribution < 1.29 is 0 Å². The first-order chi connectivity index (χ1) is 10.1. The van der Waals surface area contributed by atoms with Gasteiger partial charge in [0.05, 0.1) is 12.5 Å². The van der Waals surface area contributed by atoms with Gasteiger partial charge in [-0.2, -0.15) is 20.2 Å². The maximum absolute atomic E-state index is 8.84. The smallest absolute Gasteiger partial charge is 0.236 e. The number of nitrogen functional groups attached to an aromatic ring is 1. The molecule has 0 unspecified atom stereocenters. The third kappa shape index (κ3) is 3.57. The second kappa shape index (κ2) is 6.52. The normalized spacial score (nSPS) is 9.95. The first kappa shape index (κ1) is 14.5. The Labute approximate surface area is 123 Å². The van der Waals surface area contributed by atoms with Crippen molar-refractivity contribution in [3.8, 4) is 6.07 Å². The second-order valence-electron chi connectivity index (χ2n) is 4.58. The van der Waals surface area contributed by atoms with E-state index in [4.69, 9.17) is 11.0 Å². The highest BCUT2D eigenvalue weighted by atomic mass is 15.3. The average Bonchev–Trinajstić information content (AvgIpc) is 2.48. The summed E-state index contributed by atoms with van der Waals surface area (Å²) in [4.78, 5) is 16.3. The van der Waals surface area contributed by atoms with Crippen LogP contribution in [0.25, 0.3) is 0 Å². The van der Waals surface area contributed by atoms with Gasteiger partial charge in [0.1, 0.15) is 0 Å². The number of aromatic nitrogens is 3. The maximum Gasteiger partial charge on any atom is 0.236 e. The first-order valence-corrected chi connectivity index (χ1v) is 6.50. The number of rotatable bonds is 5. The molecule has 0 fully saturated rings. The molecular weight excluding hydrogens is 266 g/mol. The molecule has 2 aromatic rings. The molecule has 1 aromatic heterocycles. The number of anilines is 4. The number of hydrogen-bond acceptors (Lipinski definition) is 7. The zero-order valence-corrected chi connectivity index (χ0v) is 12.1. The fourth-order valence-electron chi connectivity index (χ4n) is 1.80. The molecule has 0 saturated carbocycles. The maximum atomic E-state index is 8.84. The predicted octanol–water partition coefficient (Wildman–Crippen LogP) is 1.57. The molecule has 0 aliphatic carbocycles. The summed E-state index contributed by atoms with van der Waals surface area (Å²) in [6.07, 6.45) is 0.359. The summed E-state index contributed by atoms with van der Waals surface area (Å²) in [5.74, 6) is 1.07. The Morgan fingerprint density at radius 2 is 1.76 bits per heavy atom. The van der Waals surface area contributed by atoms with E-state index in [-0.39, 0.29) is 5.95 Å². The minimum absolute atomic E-state index is 0.154. The fraction of sp³-hybridized carbons (Fsp3) is 0.286. The van der Waals surface area contributed by atoms with Crippen LogP contribution < -0.4 is 15.5 Å². The molecule has 1 heterocycles. The largest absolute Gasteiger partial charge is 0.368 e. The van der Waals surface area contributed by atoms with Crippen LogP contribution in [0, 0.1) is 11.3 Å². The number of para-hydroxylation sites is 1. The van der Waals surface area contributed by atoms with E-state index in [2.05, 4.69) is 21.0 Å². The topological polar surface area (TPSA) is 95.0 Å². The Hall–Kier alpha value is -2.88. The van der Waals surface area contributed by atoms with Crippen LogP contribution in [0.2, 0.25) is 0 Å². The SMILES string of the molecule is CN(C)c1nc(N)nc(N(CCC#N)c2ccccc2)n1. The highest BCUT2D eigenvalue weighted by Crippen LogP contribution is 2.23. The van der Waals surface area contributed by atoms with Gasteiger partial charge in [0.2, 0.25) is 17.8 Å². The summed E-state index contributed by atoms with van der Waals surface area (Å²) in [5.41, 5.74) is 6.67. The molecule has 0 saturated heterocycles. The molecule has 0 radical (unpaired) electrons. The standard InChI is InChI=1S/C14H17N7/c1-20(2)13-17-12(16)18-14(19-13)21(10-6-9-15)11-7-4-3-5-8-11/h3-5,7-8H,6,10H2,1-2H3,(H2,16,17,18,19). The lowest BCUT2D eigenvalue weighted by atomic mass is 10.3. The van der Waals surface area contributed by atoms with Gasteiger partial charge in [-0.1, -0.05) is 18.2 Å². The molecule has 108 valence electrons. The van der Waals surface area contributed by atoms with E-state index in [1.807, 2.05) is 49.3 Å². The Morgan fingerprint density at radius 3 is 2.38 bits per heavy atom. The number of nitriles is 1. The van der Waals surface area contributed by atoms with Crippen molar-refractivity contribution in [1.82, 2.24) is 15.0 Å². The summed E-state index contributed by atoms with van der Waals surface area (Å²) in [7, 11) is 3.67. The molecule has 2 rings (SSSR count). The number of nitrogens with two attached hydrogens (primary N) is 1. The van der Waals surface area contributed by atoms with E-state index in [1.54, 1.807) is 4.90 Å². The Balaban J connectivity index is 2.44. The second-order valence-corrected chi connectivity index (χ2v) is 4.58. The molecule has 2 N–H and O–H groups in total. The molecule has 7 heteroatoms. The summed E-state index contributed by atoms with van der Waals surface area (Å²) in [6, 6.07) is 11.8. The highest BCUT2D eigenvalue weighted by Gasteiger charge is 2.15. The predicted molar refractivity (Wildman–Crippen MR) is 82.2 cm³/mol. The van der Waals surface area contributed by atoms with Crippen molar-refractivity contribution in [2.45, 2.75) is 6.42 Å². The van der Waals surface area contributed by atoms with Crippen molar-refractivity contribution in [3.63, 3.8) is 0 Å². The molecule has 0 aliphatic heterocycles. The van der Waals surface area contributed by atoms with Gasteiger partial charge < -0.3 is 15.5 Å². The Morgan fingerprint density at radius 1 is 1.10 bits per heavy atom. The van der Waals surface area contributed by atoms with Crippen LogP contribution in [0.15, 0.2) is 30.3 Å². The molecule has 0 amide bonds. The molecule has 0 spiro atoms. The van der Waals surface area contributed by atoms with E-state index in [0.717, 1.165) is 5.69 Å².